The molecule has 0 aliphatic carbocycles. The highest BCUT2D eigenvalue weighted by Crippen LogP contribution is 2.13. The number of nitrogens with zero attached hydrogens (tertiary/aromatic N) is 3. The minimum atomic E-state index is -0.193. The number of aromatic nitrogens is 2. The summed E-state index contributed by atoms with van der Waals surface area (Å²) in [5.41, 5.74) is 1.30. The molecule has 6 heteroatoms. The van der Waals surface area contributed by atoms with Gasteiger partial charge < -0.3 is 10.2 Å². The molecular formula is C18H24N4O2. The lowest BCUT2D eigenvalue weighted by molar-refractivity contribution is -0.117. The standard InChI is InChI=1S/C18H24N4O2/c1-4-10-22(18(24)15-12-19-21(3)13-15)14(2)11-17(23)20-16-8-6-5-7-9-16/h5-9,12-14H,4,10-11H2,1-3H3,(H,20,23)/t14-/m1/s1. The first kappa shape index (κ1) is 17.7. The second-order valence-electron chi connectivity index (χ2n) is 5.87. The monoisotopic (exact) mass is 328 g/mol. The fraction of sp³-hybridized carbons (Fsp3) is 0.389. The fourth-order valence-electron chi connectivity index (χ4n) is 2.57. The van der Waals surface area contributed by atoms with E-state index in [2.05, 4.69) is 10.4 Å². The lowest BCUT2D eigenvalue weighted by Crippen LogP contribution is -2.41. The lowest BCUT2D eigenvalue weighted by atomic mass is 10.1. The predicted molar refractivity (Wildman–Crippen MR) is 93.7 cm³/mol. The van der Waals surface area contributed by atoms with Crippen molar-refractivity contribution in [3.05, 3.63) is 48.3 Å². The largest absolute Gasteiger partial charge is 0.335 e. The maximum absolute atomic E-state index is 12.7. The molecule has 2 aromatic rings. The second kappa shape index (κ2) is 8.29. The minimum Gasteiger partial charge on any atom is -0.335 e. The Balaban J connectivity index is 2.01. The number of nitrogens with one attached hydrogen (secondary N) is 1. The van der Waals surface area contributed by atoms with Crippen LogP contribution >= 0.6 is 0 Å². The van der Waals surface area contributed by atoms with Crippen LogP contribution in [-0.4, -0.2) is 39.1 Å². The van der Waals surface area contributed by atoms with Crippen LogP contribution in [0.15, 0.2) is 42.7 Å². The van der Waals surface area contributed by atoms with Gasteiger partial charge in [0.2, 0.25) is 5.91 Å². The zero-order valence-corrected chi connectivity index (χ0v) is 14.4. The van der Waals surface area contributed by atoms with E-state index in [1.807, 2.05) is 44.2 Å². The molecule has 0 aliphatic heterocycles. The molecule has 1 heterocycles. The summed E-state index contributed by atoms with van der Waals surface area (Å²) in [7, 11) is 1.78. The van der Waals surface area contributed by atoms with Crippen LogP contribution in [0.1, 0.15) is 37.0 Å². The molecule has 2 amide bonds. The highest BCUT2D eigenvalue weighted by molar-refractivity contribution is 5.95. The summed E-state index contributed by atoms with van der Waals surface area (Å²) < 4.78 is 1.60. The van der Waals surface area contributed by atoms with Gasteiger partial charge >= 0.3 is 0 Å². The van der Waals surface area contributed by atoms with Gasteiger partial charge in [0.15, 0.2) is 0 Å². The van der Waals surface area contributed by atoms with Crippen LogP contribution in [0.3, 0.4) is 0 Å². The molecule has 2 rings (SSSR count). The van der Waals surface area contributed by atoms with Crippen molar-refractivity contribution < 1.29 is 9.59 Å². The molecule has 0 fully saturated rings. The van der Waals surface area contributed by atoms with Crippen molar-refractivity contribution in [1.29, 1.82) is 0 Å². The number of carbonyl (C=O) groups is 2. The van der Waals surface area contributed by atoms with Crippen LogP contribution in [0.4, 0.5) is 5.69 Å². The Labute approximate surface area is 142 Å². The van der Waals surface area contributed by atoms with Gasteiger partial charge in [0.05, 0.1) is 11.8 Å². The molecular weight excluding hydrogens is 304 g/mol. The summed E-state index contributed by atoms with van der Waals surface area (Å²) in [6.45, 7) is 4.52. The van der Waals surface area contributed by atoms with Gasteiger partial charge in [-0.05, 0) is 25.5 Å². The summed E-state index contributed by atoms with van der Waals surface area (Å²) in [5, 5.41) is 6.91. The van der Waals surface area contributed by atoms with Gasteiger partial charge in [0, 0.05) is 37.9 Å². The molecule has 128 valence electrons. The number of anilines is 1. The van der Waals surface area contributed by atoms with Crippen molar-refractivity contribution >= 4 is 17.5 Å². The smallest absolute Gasteiger partial charge is 0.257 e. The Morgan fingerprint density at radius 2 is 2.00 bits per heavy atom. The summed E-state index contributed by atoms with van der Waals surface area (Å²) >= 11 is 0. The van der Waals surface area contributed by atoms with Crippen molar-refractivity contribution in [2.24, 2.45) is 7.05 Å². The molecule has 0 aliphatic rings. The van der Waals surface area contributed by atoms with E-state index in [1.165, 1.54) is 0 Å². The average molecular weight is 328 g/mol. The van der Waals surface area contributed by atoms with Gasteiger partial charge in [-0.25, -0.2) is 0 Å². The van der Waals surface area contributed by atoms with Crippen molar-refractivity contribution in [2.75, 3.05) is 11.9 Å². The van der Waals surface area contributed by atoms with Crippen LogP contribution in [0.25, 0.3) is 0 Å². The molecule has 0 saturated carbocycles. The number of aryl methyl sites for hydroxylation is 1. The predicted octanol–water partition coefficient (Wildman–Crippen LogP) is 2.69. The third-order valence-corrected chi connectivity index (χ3v) is 3.75. The average Bonchev–Trinajstić information content (AvgIpc) is 2.99. The third-order valence-electron chi connectivity index (χ3n) is 3.75. The molecule has 0 saturated heterocycles. The zero-order valence-electron chi connectivity index (χ0n) is 14.4. The molecule has 1 atom stereocenters. The Morgan fingerprint density at radius 1 is 1.29 bits per heavy atom. The molecule has 1 aromatic carbocycles. The van der Waals surface area contributed by atoms with E-state index < -0.39 is 0 Å². The second-order valence-corrected chi connectivity index (χ2v) is 5.87. The first-order chi connectivity index (χ1) is 11.5. The fourth-order valence-corrected chi connectivity index (χ4v) is 2.57. The normalized spacial score (nSPS) is 11.8. The number of rotatable bonds is 7. The molecule has 0 bridgehead atoms. The van der Waals surface area contributed by atoms with Gasteiger partial charge in [-0.15, -0.1) is 0 Å². The van der Waals surface area contributed by atoms with Crippen molar-refractivity contribution in [1.82, 2.24) is 14.7 Å². The SMILES string of the molecule is CCCN(C(=O)c1cnn(C)c1)[C@H](C)CC(=O)Nc1ccccc1. The minimum absolute atomic E-state index is 0.0926. The van der Waals surface area contributed by atoms with Crippen molar-refractivity contribution in [2.45, 2.75) is 32.7 Å². The third kappa shape index (κ3) is 4.68. The highest BCUT2D eigenvalue weighted by Gasteiger charge is 2.23. The first-order valence-electron chi connectivity index (χ1n) is 8.15. The summed E-state index contributed by atoms with van der Waals surface area (Å²) in [4.78, 5) is 26.6. The Kier molecular flexibility index (Phi) is 6.12. The van der Waals surface area contributed by atoms with Crippen LogP contribution in [-0.2, 0) is 11.8 Å². The van der Waals surface area contributed by atoms with Crippen LogP contribution < -0.4 is 5.32 Å². The Hall–Kier alpha value is -2.63. The number of hydrogen-bond acceptors (Lipinski definition) is 3. The highest BCUT2D eigenvalue weighted by atomic mass is 16.2. The Bertz CT molecular complexity index is 681. The van der Waals surface area contributed by atoms with Gasteiger partial charge in [-0.3, -0.25) is 14.3 Å². The first-order valence-corrected chi connectivity index (χ1v) is 8.15. The van der Waals surface area contributed by atoms with Crippen LogP contribution in [0.5, 0.6) is 0 Å². The zero-order chi connectivity index (χ0) is 17.5. The van der Waals surface area contributed by atoms with E-state index in [-0.39, 0.29) is 24.3 Å². The quantitative estimate of drug-likeness (QED) is 0.850. The van der Waals surface area contributed by atoms with E-state index in [1.54, 1.807) is 29.0 Å². The molecule has 0 unspecified atom stereocenters. The van der Waals surface area contributed by atoms with Crippen molar-refractivity contribution in [3.63, 3.8) is 0 Å². The van der Waals surface area contributed by atoms with E-state index in [0.717, 1.165) is 12.1 Å². The van der Waals surface area contributed by atoms with Crippen molar-refractivity contribution in [3.8, 4) is 0 Å². The number of hydrogen-bond donors (Lipinski definition) is 1. The number of amides is 2. The maximum atomic E-state index is 12.7. The Morgan fingerprint density at radius 3 is 2.58 bits per heavy atom. The molecule has 24 heavy (non-hydrogen) atoms. The molecule has 0 spiro atoms. The van der Waals surface area contributed by atoms with Gasteiger partial charge in [-0.1, -0.05) is 25.1 Å². The number of carbonyl (C=O) groups excluding carboxylic acids is 2. The summed E-state index contributed by atoms with van der Waals surface area (Å²) in [6.07, 6.45) is 4.33. The van der Waals surface area contributed by atoms with Gasteiger partial charge in [-0.2, -0.15) is 5.10 Å². The number of para-hydroxylation sites is 1. The van der Waals surface area contributed by atoms with E-state index in [9.17, 15) is 9.59 Å². The molecule has 1 aromatic heterocycles. The van der Waals surface area contributed by atoms with Crippen LogP contribution in [0, 0.1) is 0 Å². The molecule has 6 nitrogen and oxygen atoms in total. The van der Waals surface area contributed by atoms with E-state index in [4.69, 9.17) is 0 Å². The number of benzene rings is 1. The summed E-state index contributed by atoms with van der Waals surface area (Å²) in [6, 6.07) is 9.12. The summed E-state index contributed by atoms with van der Waals surface area (Å²) in [5.74, 6) is -0.196. The van der Waals surface area contributed by atoms with Gasteiger partial charge in [0.1, 0.15) is 0 Å². The maximum Gasteiger partial charge on any atom is 0.257 e. The van der Waals surface area contributed by atoms with E-state index >= 15 is 0 Å². The van der Waals surface area contributed by atoms with Gasteiger partial charge in [0.25, 0.3) is 5.91 Å². The molecule has 0 radical (unpaired) electrons. The topological polar surface area (TPSA) is 67.2 Å². The van der Waals surface area contributed by atoms with E-state index in [0.29, 0.717) is 12.1 Å². The van der Waals surface area contributed by atoms with Crippen LogP contribution in [0.2, 0.25) is 0 Å². The lowest BCUT2D eigenvalue weighted by Gasteiger charge is -2.28. The molecule has 1 N–H and O–H groups in total.